The van der Waals surface area contributed by atoms with Crippen LogP contribution in [-0.2, 0) is 0 Å². The molecule has 0 aliphatic carbocycles. The SMILES string of the molecule is C1CCCCCCCCCCCCCSCCCCCCCCCCCC1. The molecule has 1 saturated heterocycles. The molecule has 0 N–H and O–H groups in total. The molecule has 0 nitrogen and oxygen atoms in total. The topological polar surface area (TPSA) is 0 Å². The van der Waals surface area contributed by atoms with Gasteiger partial charge in [-0.05, 0) is 24.3 Å². The van der Waals surface area contributed by atoms with Gasteiger partial charge in [0.2, 0.25) is 0 Å². The molecule has 0 unspecified atom stereocenters. The first-order chi connectivity index (χ1) is 13.5. The highest BCUT2D eigenvalue weighted by Gasteiger charge is 1.97. The van der Waals surface area contributed by atoms with Crippen LogP contribution in [-0.4, -0.2) is 11.5 Å². The molecule has 1 aliphatic rings. The first-order valence-corrected chi connectivity index (χ1v) is 14.2. The van der Waals surface area contributed by atoms with Gasteiger partial charge in [0.1, 0.15) is 0 Å². The maximum atomic E-state index is 2.22. The van der Waals surface area contributed by atoms with Gasteiger partial charge in [-0.25, -0.2) is 0 Å². The molecule has 162 valence electrons. The molecule has 0 aromatic carbocycles. The molecule has 0 aromatic rings. The van der Waals surface area contributed by atoms with Crippen LogP contribution < -0.4 is 0 Å². The van der Waals surface area contributed by atoms with E-state index in [9.17, 15) is 0 Å². The van der Waals surface area contributed by atoms with E-state index >= 15 is 0 Å². The lowest BCUT2D eigenvalue weighted by Crippen LogP contribution is -1.87. The Hall–Kier alpha value is 0.350. The molecule has 0 aromatic heterocycles. The number of hydrogen-bond acceptors (Lipinski definition) is 1. The fraction of sp³-hybridized carbons (Fsp3) is 1.00. The molecule has 0 atom stereocenters. The van der Waals surface area contributed by atoms with Gasteiger partial charge in [-0.1, -0.05) is 141 Å². The third kappa shape index (κ3) is 20.9. The van der Waals surface area contributed by atoms with Gasteiger partial charge < -0.3 is 0 Å². The third-order valence-electron chi connectivity index (χ3n) is 6.33. The van der Waals surface area contributed by atoms with Crippen LogP contribution in [0.2, 0.25) is 0 Å². The molecule has 0 radical (unpaired) electrons. The summed E-state index contributed by atoms with van der Waals surface area (Å²) in [5.74, 6) is 2.83. The van der Waals surface area contributed by atoms with E-state index in [1.54, 1.807) is 0 Å². The van der Waals surface area contributed by atoms with Crippen LogP contribution in [0.1, 0.15) is 154 Å². The van der Waals surface area contributed by atoms with Crippen LogP contribution in [0.3, 0.4) is 0 Å². The predicted molar refractivity (Wildman–Crippen MR) is 128 cm³/mol. The molecule has 1 rings (SSSR count). The Morgan fingerprint density at radius 1 is 0.185 bits per heavy atom. The molecule has 27 heavy (non-hydrogen) atoms. The molecule has 1 heteroatoms. The standard InChI is InChI=1S/C26H52S/c1-2-4-6-8-10-12-14-16-18-20-22-24-26-27-25-23-21-19-17-15-13-11-9-7-5-3-1/h1-26H2. The Bertz CT molecular complexity index is 135. The highest BCUT2D eigenvalue weighted by Crippen LogP contribution is 2.17. The fourth-order valence-electron chi connectivity index (χ4n) is 4.40. The molecule has 1 aliphatic heterocycles. The van der Waals surface area contributed by atoms with Crippen molar-refractivity contribution in [3.05, 3.63) is 0 Å². The Morgan fingerprint density at radius 2 is 0.333 bits per heavy atom. The van der Waals surface area contributed by atoms with Crippen molar-refractivity contribution in [2.24, 2.45) is 0 Å². The van der Waals surface area contributed by atoms with Gasteiger partial charge in [0.05, 0.1) is 0 Å². The second kappa shape index (κ2) is 22.6. The molecule has 0 spiro atoms. The maximum absolute atomic E-state index is 2.22. The summed E-state index contributed by atoms with van der Waals surface area (Å²) in [4.78, 5) is 0. The van der Waals surface area contributed by atoms with E-state index in [0.29, 0.717) is 0 Å². The van der Waals surface area contributed by atoms with Crippen molar-refractivity contribution in [2.45, 2.75) is 154 Å². The van der Waals surface area contributed by atoms with E-state index in [0.717, 1.165) is 0 Å². The predicted octanol–water partition coefficient (Wildman–Crippen LogP) is 10.1. The molecular formula is C26H52S. The highest BCUT2D eigenvalue weighted by atomic mass is 32.2. The monoisotopic (exact) mass is 396 g/mol. The van der Waals surface area contributed by atoms with Crippen molar-refractivity contribution < 1.29 is 0 Å². The van der Waals surface area contributed by atoms with Gasteiger partial charge in [0.25, 0.3) is 0 Å². The lowest BCUT2D eigenvalue weighted by molar-refractivity contribution is 0.518. The number of rotatable bonds is 0. The van der Waals surface area contributed by atoms with E-state index in [1.807, 2.05) is 0 Å². The molecule has 1 heterocycles. The van der Waals surface area contributed by atoms with Crippen molar-refractivity contribution in [3.8, 4) is 0 Å². The van der Waals surface area contributed by atoms with E-state index in [1.165, 1.54) is 166 Å². The Morgan fingerprint density at radius 3 is 0.519 bits per heavy atom. The van der Waals surface area contributed by atoms with E-state index in [4.69, 9.17) is 0 Å². The average Bonchev–Trinajstić information content (AvgIpc) is 2.68. The van der Waals surface area contributed by atoms with E-state index in [2.05, 4.69) is 11.8 Å². The fourth-order valence-corrected chi connectivity index (χ4v) is 5.42. The summed E-state index contributed by atoms with van der Waals surface area (Å²) in [5, 5.41) is 0. The van der Waals surface area contributed by atoms with E-state index < -0.39 is 0 Å². The second-order valence-corrected chi connectivity index (χ2v) is 10.3. The van der Waals surface area contributed by atoms with Crippen LogP contribution in [0.4, 0.5) is 0 Å². The van der Waals surface area contributed by atoms with Crippen LogP contribution >= 0.6 is 11.8 Å². The van der Waals surface area contributed by atoms with Crippen molar-refractivity contribution in [2.75, 3.05) is 11.5 Å². The van der Waals surface area contributed by atoms with Gasteiger partial charge in [0.15, 0.2) is 0 Å². The summed E-state index contributed by atoms with van der Waals surface area (Å²) < 4.78 is 0. The summed E-state index contributed by atoms with van der Waals surface area (Å²) in [5.41, 5.74) is 0. The quantitative estimate of drug-likeness (QED) is 0.392. The Kier molecular flexibility index (Phi) is 21.3. The first kappa shape index (κ1) is 25.4. The zero-order valence-corrected chi connectivity index (χ0v) is 19.6. The Balaban J connectivity index is 2.00. The normalized spacial score (nSPS) is 24.0. The van der Waals surface area contributed by atoms with Crippen LogP contribution in [0.25, 0.3) is 0 Å². The lowest BCUT2D eigenvalue weighted by Gasteiger charge is -2.04. The number of thioether (sulfide) groups is 1. The minimum Gasteiger partial charge on any atom is -0.162 e. The molecule has 0 bridgehead atoms. The zero-order chi connectivity index (χ0) is 19.1. The highest BCUT2D eigenvalue weighted by molar-refractivity contribution is 7.99. The van der Waals surface area contributed by atoms with Crippen LogP contribution in [0, 0.1) is 0 Å². The number of hydrogen-bond donors (Lipinski definition) is 0. The van der Waals surface area contributed by atoms with Gasteiger partial charge in [-0.2, -0.15) is 11.8 Å². The van der Waals surface area contributed by atoms with Crippen LogP contribution in [0.15, 0.2) is 0 Å². The maximum Gasteiger partial charge on any atom is -0.00675 e. The van der Waals surface area contributed by atoms with Gasteiger partial charge >= 0.3 is 0 Å². The van der Waals surface area contributed by atoms with Gasteiger partial charge in [-0.3, -0.25) is 0 Å². The zero-order valence-electron chi connectivity index (χ0n) is 18.8. The molecule has 1 fully saturated rings. The largest absolute Gasteiger partial charge is 0.162 e. The van der Waals surface area contributed by atoms with Crippen LogP contribution in [0.5, 0.6) is 0 Å². The summed E-state index contributed by atoms with van der Waals surface area (Å²) in [6, 6.07) is 0. The van der Waals surface area contributed by atoms with Gasteiger partial charge in [0, 0.05) is 0 Å². The Labute approximate surface area is 177 Å². The summed E-state index contributed by atoms with van der Waals surface area (Å²) >= 11 is 2.22. The second-order valence-electron chi connectivity index (χ2n) is 9.10. The van der Waals surface area contributed by atoms with E-state index in [-0.39, 0.29) is 0 Å². The summed E-state index contributed by atoms with van der Waals surface area (Å²) in [6.07, 6.45) is 35.8. The minimum atomic E-state index is 1.42. The molecular weight excluding hydrogens is 344 g/mol. The summed E-state index contributed by atoms with van der Waals surface area (Å²) in [7, 11) is 0. The van der Waals surface area contributed by atoms with Crippen molar-refractivity contribution >= 4 is 11.8 Å². The van der Waals surface area contributed by atoms with Gasteiger partial charge in [-0.15, -0.1) is 0 Å². The van der Waals surface area contributed by atoms with Crippen molar-refractivity contribution in [1.82, 2.24) is 0 Å². The van der Waals surface area contributed by atoms with Crippen molar-refractivity contribution in [3.63, 3.8) is 0 Å². The minimum absolute atomic E-state index is 1.42. The average molecular weight is 397 g/mol. The first-order valence-electron chi connectivity index (χ1n) is 13.1. The lowest BCUT2D eigenvalue weighted by atomic mass is 10.0. The summed E-state index contributed by atoms with van der Waals surface area (Å²) in [6.45, 7) is 0. The third-order valence-corrected chi connectivity index (χ3v) is 7.48. The van der Waals surface area contributed by atoms with Crippen molar-refractivity contribution in [1.29, 1.82) is 0 Å². The molecule has 0 saturated carbocycles. The molecule has 0 amide bonds. The smallest absolute Gasteiger partial charge is 0.00675 e.